The summed E-state index contributed by atoms with van der Waals surface area (Å²) in [6, 6.07) is 12.1. The highest BCUT2D eigenvalue weighted by Gasteiger charge is 2.11. The molecule has 0 saturated carbocycles. The Morgan fingerprint density at radius 1 is 1.16 bits per heavy atom. The van der Waals surface area contributed by atoms with Crippen LogP contribution in [0.25, 0.3) is 0 Å². The van der Waals surface area contributed by atoms with Gasteiger partial charge in [0, 0.05) is 37.3 Å². The average Bonchev–Trinajstić information content (AvgIpc) is 2.57. The van der Waals surface area contributed by atoms with Crippen LogP contribution in [-0.4, -0.2) is 30.4 Å². The standard InChI is InChI=1S/C18H18Cl2N2O3/c1-12(23)22(2)10-13-5-3-4-6-16(13)21-18(24)11-25-17-9-14(19)7-8-15(17)20/h3-9H,10-11H2,1-2H3,(H,21,24). The summed E-state index contributed by atoms with van der Waals surface area (Å²) in [5, 5.41) is 3.63. The fourth-order valence-corrected chi connectivity index (χ4v) is 2.40. The minimum absolute atomic E-state index is 0.0555. The van der Waals surface area contributed by atoms with E-state index in [1.807, 2.05) is 18.2 Å². The first-order chi connectivity index (χ1) is 11.9. The van der Waals surface area contributed by atoms with Crippen LogP contribution in [0.1, 0.15) is 12.5 Å². The number of amides is 2. The fourth-order valence-electron chi connectivity index (χ4n) is 2.06. The molecule has 1 N–H and O–H groups in total. The number of nitrogens with zero attached hydrogens (tertiary/aromatic N) is 1. The molecule has 2 rings (SSSR count). The molecule has 0 aromatic heterocycles. The first-order valence-electron chi connectivity index (χ1n) is 7.54. The predicted molar refractivity (Wildman–Crippen MR) is 99.2 cm³/mol. The van der Waals surface area contributed by atoms with Crippen LogP contribution in [0.5, 0.6) is 5.75 Å². The first kappa shape index (κ1) is 19.1. The molecule has 2 amide bonds. The summed E-state index contributed by atoms with van der Waals surface area (Å²) in [4.78, 5) is 25.1. The van der Waals surface area contributed by atoms with Gasteiger partial charge in [0.25, 0.3) is 5.91 Å². The van der Waals surface area contributed by atoms with Crippen molar-refractivity contribution in [1.82, 2.24) is 4.90 Å². The maximum atomic E-state index is 12.2. The van der Waals surface area contributed by atoms with Crippen LogP contribution in [0.4, 0.5) is 5.69 Å². The number of hydrogen-bond donors (Lipinski definition) is 1. The number of ether oxygens (including phenoxy) is 1. The average molecular weight is 381 g/mol. The number of hydrogen-bond acceptors (Lipinski definition) is 3. The lowest BCUT2D eigenvalue weighted by Gasteiger charge is -2.18. The molecule has 0 spiro atoms. The lowest BCUT2D eigenvalue weighted by Crippen LogP contribution is -2.25. The molecule has 0 bridgehead atoms. The van der Waals surface area contributed by atoms with Gasteiger partial charge in [0.15, 0.2) is 6.61 Å². The molecule has 0 heterocycles. The van der Waals surface area contributed by atoms with Crippen molar-refractivity contribution in [3.63, 3.8) is 0 Å². The number of para-hydroxylation sites is 1. The Morgan fingerprint density at radius 2 is 1.88 bits per heavy atom. The smallest absolute Gasteiger partial charge is 0.262 e. The van der Waals surface area contributed by atoms with Crippen LogP contribution in [-0.2, 0) is 16.1 Å². The molecule has 2 aromatic carbocycles. The highest BCUT2D eigenvalue weighted by Crippen LogP contribution is 2.27. The van der Waals surface area contributed by atoms with Gasteiger partial charge in [0.2, 0.25) is 5.91 Å². The monoisotopic (exact) mass is 380 g/mol. The Labute approximate surface area is 156 Å². The summed E-state index contributed by atoms with van der Waals surface area (Å²) in [6.45, 7) is 1.67. The van der Waals surface area contributed by atoms with Crippen molar-refractivity contribution in [2.24, 2.45) is 0 Å². The van der Waals surface area contributed by atoms with Crippen molar-refractivity contribution in [2.45, 2.75) is 13.5 Å². The molecule has 0 aliphatic carbocycles. The van der Waals surface area contributed by atoms with E-state index in [4.69, 9.17) is 27.9 Å². The van der Waals surface area contributed by atoms with E-state index in [9.17, 15) is 9.59 Å². The van der Waals surface area contributed by atoms with Crippen LogP contribution in [0.2, 0.25) is 10.0 Å². The molecular formula is C18H18Cl2N2O3. The summed E-state index contributed by atoms with van der Waals surface area (Å²) in [5.74, 6) is -0.0528. The highest BCUT2D eigenvalue weighted by atomic mass is 35.5. The normalized spacial score (nSPS) is 10.2. The summed E-state index contributed by atoms with van der Waals surface area (Å²) in [5.41, 5.74) is 1.45. The second-order valence-corrected chi connectivity index (χ2v) is 6.29. The van der Waals surface area contributed by atoms with Crippen LogP contribution in [0, 0.1) is 0 Å². The lowest BCUT2D eigenvalue weighted by molar-refractivity contribution is -0.128. The van der Waals surface area contributed by atoms with E-state index < -0.39 is 0 Å². The van der Waals surface area contributed by atoms with E-state index in [-0.39, 0.29) is 18.4 Å². The minimum atomic E-state index is -0.339. The number of carbonyl (C=O) groups is 2. The van der Waals surface area contributed by atoms with Crippen molar-refractivity contribution in [2.75, 3.05) is 19.0 Å². The van der Waals surface area contributed by atoms with Crippen molar-refractivity contribution < 1.29 is 14.3 Å². The third-order valence-corrected chi connectivity index (χ3v) is 4.04. The van der Waals surface area contributed by atoms with Gasteiger partial charge in [-0.2, -0.15) is 0 Å². The lowest BCUT2D eigenvalue weighted by atomic mass is 10.1. The third kappa shape index (κ3) is 5.66. The molecular weight excluding hydrogens is 363 g/mol. The quantitative estimate of drug-likeness (QED) is 0.823. The number of nitrogens with one attached hydrogen (secondary N) is 1. The molecule has 0 atom stereocenters. The minimum Gasteiger partial charge on any atom is -0.482 e. The number of halogens is 2. The van der Waals surface area contributed by atoms with Crippen molar-refractivity contribution in [3.8, 4) is 5.75 Å². The van der Waals surface area contributed by atoms with E-state index >= 15 is 0 Å². The Bertz CT molecular complexity index is 781. The van der Waals surface area contributed by atoms with E-state index in [1.165, 1.54) is 6.92 Å². The number of rotatable bonds is 6. The van der Waals surface area contributed by atoms with Gasteiger partial charge in [-0.15, -0.1) is 0 Å². The van der Waals surface area contributed by atoms with Crippen LogP contribution < -0.4 is 10.1 Å². The van der Waals surface area contributed by atoms with Gasteiger partial charge in [-0.25, -0.2) is 0 Å². The second-order valence-electron chi connectivity index (χ2n) is 5.44. The maximum Gasteiger partial charge on any atom is 0.262 e. The van der Waals surface area contributed by atoms with E-state index in [1.54, 1.807) is 36.2 Å². The topological polar surface area (TPSA) is 58.6 Å². The molecule has 0 fully saturated rings. The summed E-state index contributed by atoms with van der Waals surface area (Å²) >= 11 is 11.9. The summed E-state index contributed by atoms with van der Waals surface area (Å²) in [6.07, 6.45) is 0. The van der Waals surface area contributed by atoms with Crippen molar-refractivity contribution >= 4 is 40.7 Å². The van der Waals surface area contributed by atoms with E-state index in [0.717, 1.165) is 5.56 Å². The molecule has 0 aliphatic rings. The van der Waals surface area contributed by atoms with Gasteiger partial charge in [-0.1, -0.05) is 41.4 Å². The van der Waals surface area contributed by atoms with Crippen molar-refractivity contribution in [3.05, 3.63) is 58.1 Å². The van der Waals surface area contributed by atoms with Gasteiger partial charge in [0.05, 0.1) is 5.02 Å². The Balaban J connectivity index is 2.01. The number of anilines is 1. The predicted octanol–water partition coefficient (Wildman–Crippen LogP) is 3.99. The summed E-state index contributed by atoms with van der Waals surface area (Å²) in [7, 11) is 1.70. The number of benzene rings is 2. The SMILES string of the molecule is CC(=O)N(C)Cc1ccccc1NC(=O)COc1cc(Cl)ccc1Cl. The zero-order valence-corrected chi connectivity index (χ0v) is 15.4. The van der Waals surface area contributed by atoms with E-state index in [2.05, 4.69) is 5.32 Å². The zero-order chi connectivity index (χ0) is 18.4. The fraction of sp³-hybridized carbons (Fsp3) is 0.222. The van der Waals surface area contributed by atoms with Gasteiger partial charge >= 0.3 is 0 Å². The third-order valence-electron chi connectivity index (χ3n) is 3.49. The molecule has 2 aromatic rings. The molecule has 5 nitrogen and oxygen atoms in total. The maximum absolute atomic E-state index is 12.2. The van der Waals surface area contributed by atoms with Crippen molar-refractivity contribution in [1.29, 1.82) is 0 Å². The largest absolute Gasteiger partial charge is 0.482 e. The Kier molecular flexibility index (Phi) is 6.67. The van der Waals surface area contributed by atoms with Gasteiger partial charge < -0.3 is 15.0 Å². The molecule has 0 unspecified atom stereocenters. The zero-order valence-electron chi connectivity index (χ0n) is 13.9. The van der Waals surface area contributed by atoms with Gasteiger partial charge in [0.1, 0.15) is 5.75 Å². The molecule has 0 saturated heterocycles. The molecule has 132 valence electrons. The van der Waals surface area contributed by atoms with Crippen LogP contribution in [0.15, 0.2) is 42.5 Å². The first-order valence-corrected chi connectivity index (χ1v) is 8.29. The highest BCUT2D eigenvalue weighted by molar-refractivity contribution is 6.34. The Morgan fingerprint density at radius 3 is 2.60 bits per heavy atom. The van der Waals surface area contributed by atoms with Crippen LogP contribution >= 0.6 is 23.2 Å². The molecule has 0 radical (unpaired) electrons. The molecule has 7 heteroatoms. The van der Waals surface area contributed by atoms with Gasteiger partial charge in [-0.3, -0.25) is 9.59 Å². The molecule has 25 heavy (non-hydrogen) atoms. The van der Waals surface area contributed by atoms with Crippen LogP contribution in [0.3, 0.4) is 0 Å². The summed E-state index contributed by atoms with van der Waals surface area (Å²) < 4.78 is 5.42. The number of carbonyl (C=O) groups excluding carboxylic acids is 2. The second kappa shape index (κ2) is 8.74. The Hall–Kier alpha value is -2.24. The van der Waals surface area contributed by atoms with E-state index in [0.29, 0.717) is 28.0 Å². The van der Waals surface area contributed by atoms with Gasteiger partial charge in [-0.05, 0) is 23.8 Å². The molecule has 0 aliphatic heterocycles.